The molecule has 0 saturated carbocycles. The standard InChI is InChI=1S/C25H26F4O2.C7H16/c1-2-3-15-13-30-25(31-14-15)17-6-4-16(5-7-17)18-8-9-20(21(26)10-18)19-11-22(27)24(29)23(28)12-19;1-3-5-7-6-4-2/h4,8-12,15,17,25H,2-3,5-7,13-14H2,1H3;3-7H2,1-2H3. The third-order valence-electron chi connectivity index (χ3n) is 7.37. The van der Waals surface area contributed by atoms with Crippen molar-refractivity contribution in [1.82, 2.24) is 0 Å². The molecule has 2 nitrogen and oxygen atoms in total. The maximum Gasteiger partial charge on any atom is 0.194 e. The van der Waals surface area contributed by atoms with Gasteiger partial charge >= 0.3 is 0 Å². The third-order valence-corrected chi connectivity index (χ3v) is 7.37. The van der Waals surface area contributed by atoms with E-state index in [0.29, 0.717) is 5.92 Å². The van der Waals surface area contributed by atoms with Gasteiger partial charge in [-0.2, -0.15) is 0 Å². The Hall–Kier alpha value is -2.18. The maximum atomic E-state index is 14.7. The summed E-state index contributed by atoms with van der Waals surface area (Å²) < 4.78 is 66.8. The Bertz CT molecular complexity index is 1020. The number of hydrogen-bond acceptors (Lipinski definition) is 2. The highest BCUT2D eigenvalue weighted by Gasteiger charge is 2.30. The van der Waals surface area contributed by atoms with Crippen molar-refractivity contribution in [3.8, 4) is 11.1 Å². The van der Waals surface area contributed by atoms with Gasteiger partial charge in [0.25, 0.3) is 0 Å². The largest absolute Gasteiger partial charge is 0.352 e. The first kappa shape index (κ1) is 30.4. The van der Waals surface area contributed by atoms with Crippen LogP contribution in [0.2, 0.25) is 0 Å². The van der Waals surface area contributed by atoms with E-state index >= 15 is 0 Å². The minimum atomic E-state index is -1.56. The van der Waals surface area contributed by atoms with Gasteiger partial charge in [-0.25, -0.2) is 17.6 Å². The van der Waals surface area contributed by atoms with Crippen LogP contribution in [0.1, 0.15) is 90.5 Å². The van der Waals surface area contributed by atoms with Gasteiger partial charge in [0.15, 0.2) is 23.7 Å². The number of halogens is 4. The zero-order valence-electron chi connectivity index (χ0n) is 23.0. The van der Waals surface area contributed by atoms with Crippen molar-refractivity contribution in [2.45, 2.75) is 91.3 Å². The van der Waals surface area contributed by atoms with Gasteiger partial charge < -0.3 is 9.47 Å². The average molecular weight is 535 g/mol. The number of allylic oxidation sites excluding steroid dienone is 2. The van der Waals surface area contributed by atoms with Gasteiger partial charge in [0.05, 0.1) is 13.2 Å². The fourth-order valence-corrected chi connectivity index (χ4v) is 5.11. The topological polar surface area (TPSA) is 18.5 Å². The molecule has 1 aliphatic heterocycles. The van der Waals surface area contributed by atoms with Crippen molar-refractivity contribution < 1.29 is 27.0 Å². The summed E-state index contributed by atoms with van der Waals surface area (Å²) in [5.41, 5.74) is 1.75. The second-order valence-electron chi connectivity index (χ2n) is 10.5. The fraction of sp³-hybridized carbons (Fsp3) is 0.562. The molecular weight excluding hydrogens is 492 g/mol. The van der Waals surface area contributed by atoms with Crippen LogP contribution < -0.4 is 0 Å². The van der Waals surface area contributed by atoms with Crippen molar-refractivity contribution in [3.63, 3.8) is 0 Å². The number of ether oxygens (including phenoxy) is 2. The van der Waals surface area contributed by atoms with E-state index in [1.165, 1.54) is 44.2 Å². The fourth-order valence-electron chi connectivity index (χ4n) is 5.11. The molecule has 1 saturated heterocycles. The van der Waals surface area contributed by atoms with Gasteiger partial charge in [0.1, 0.15) is 5.82 Å². The Labute approximate surface area is 225 Å². The molecule has 1 aliphatic carbocycles. The smallest absolute Gasteiger partial charge is 0.194 e. The van der Waals surface area contributed by atoms with Crippen molar-refractivity contribution in [3.05, 3.63) is 65.2 Å². The van der Waals surface area contributed by atoms with Crippen LogP contribution in [-0.4, -0.2) is 19.5 Å². The molecule has 1 heterocycles. The highest BCUT2D eigenvalue weighted by molar-refractivity contribution is 5.71. The van der Waals surface area contributed by atoms with Gasteiger partial charge in [0, 0.05) is 17.4 Å². The summed E-state index contributed by atoms with van der Waals surface area (Å²) in [4.78, 5) is 0. The van der Waals surface area contributed by atoms with Crippen molar-refractivity contribution >= 4 is 5.57 Å². The van der Waals surface area contributed by atoms with Crippen LogP contribution in [-0.2, 0) is 9.47 Å². The normalized spacial score (nSPS) is 21.4. The molecule has 2 aliphatic rings. The quantitative estimate of drug-likeness (QED) is 0.181. The van der Waals surface area contributed by atoms with Crippen LogP contribution in [0.5, 0.6) is 0 Å². The predicted octanol–water partition coefficient (Wildman–Crippen LogP) is 9.86. The molecular formula is C32H42F4O2. The molecule has 1 fully saturated rings. The number of unbranched alkanes of at least 4 members (excludes halogenated alkanes) is 4. The lowest BCUT2D eigenvalue weighted by Crippen LogP contribution is -2.37. The van der Waals surface area contributed by atoms with Gasteiger partial charge in [-0.05, 0) is 60.6 Å². The van der Waals surface area contributed by atoms with E-state index in [0.717, 1.165) is 68.6 Å². The molecule has 38 heavy (non-hydrogen) atoms. The van der Waals surface area contributed by atoms with E-state index in [1.807, 2.05) is 0 Å². The van der Waals surface area contributed by atoms with Gasteiger partial charge in [0.2, 0.25) is 0 Å². The number of rotatable bonds is 9. The highest BCUT2D eigenvalue weighted by Crippen LogP contribution is 2.36. The second kappa shape index (κ2) is 15.4. The Morgan fingerprint density at radius 2 is 1.39 bits per heavy atom. The predicted molar refractivity (Wildman–Crippen MR) is 146 cm³/mol. The molecule has 0 N–H and O–H groups in total. The van der Waals surface area contributed by atoms with E-state index in [-0.39, 0.29) is 23.3 Å². The lowest BCUT2D eigenvalue weighted by Gasteiger charge is -2.35. The van der Waals surface area contributed by atoms with Crippen LogP contribution in [0.25, 0.3) is 16.7 Å². The van der Waals surface area contributed by atoms with Crippen molar-refractivity contribution in [1.29, 1.82) is 0 Å². The summed E-state index contributed by atoms with van der Waals surface area (Å²) in [5, 5.41) is 0. The zero-order valence-corrected chi connectivity index (χ0v) is 23.0. The summed E-state index contributed by atoms with van der Waals surface area (Å²) in [5.74, 6) is -4.09. The Kier molecular flexibility index (Phi) is 12.3. The molecule has 0 aromatic heterocycles. The zero-order chi connectivity index (χ0) is 27.5. The summed E-state index contributed by atoms with van der Waals surface area (Å²) in [6, 6.07) is 6.17. The third kappa shape index (κ3) is 8.41. The summed E-state index contributed by atoms with van der Waals surface area (Å²) in [6.07, 6.45) is 13.6. The molecule has 210 valence electrons. The Morgan fingerprint density at radius 3 is 1.92 bits per heavy atom. The van der Waals surface area contributed by atoms with Gasteiger partial charge in [-0.1, -0.05) is 77.5 Å². The molecule has 4 rings (SSSR count). The minimum Gasteiger partial charge on any atom is -0.352 e. The van der Waals surface area contributed by atoms with Crippen LogP contribution >= 0.6 is 0 Å². The molecule has 1 unspecified atom stereocenters. The summed E-state index contributed by atoms with van der Waals surface area (Å²) in [6.45, 7) is 8.13. The van der Waals surface area contributed by atoms with E-state index < -0.39 is 23.3 Å². The Balaban J connectivity index is 0.000000505. The SMILES string of the molecule is CCCC1COC(C2CC=C(c3ccc(-c4cc(F)c(F)c(F)c4)c(F)c3)CC2)OC1.CCCCCCC. The van der Waals surface area contributed by atoms with Crippen LogP contribution in [0.4, 0.5) is 17.6 Å². The number of benzene rings is 2. The van der Waals surface area contributed by atoms with Crippen molar-refractivity contribution in [2.24, 2.45) is 11.8 Å². The minimum absolute atomic E-state index is 0.0291. The summed E-state index contributed by atoms with van der Waals surface area (Å²) in [7, 11) is 0. The first-order chi connectivity index (χ1) is 18.4. The highest BCUT2D eigenvalue weighted by atomic mass is 19.2. The van der Waals surface area contributed by atoms with Crippen LogP contribution in [0.15, 0.2) is 36.4 Å². The van der Waals surface area contributed by atoms with E-state index in [9.17, 15) is 17.6 Å². The number of hydrogen-bond donors (Lipinski definition) is 0. The molecule has 6 heteroatoms. The van der Waals surface area contributed by atoms with E-state index in [4.69, 9.17) is 9.47 Å². The molecule has 2 aromatic carbocycles. The van der Waals surface area contributed by atoms with Gasteiger partial charge in [-0.3, -0.25) is 0 Å². The molecule has 0 spiro atoms. The average Bonchev–Trinajstić information content (AvgIpc) is 2.93. The molecule has 0 bridgehead atoms. The summed E-state index contributed by atoms with van der Waals surface area (Å²) >= 11 is 0. The van der Waals surface area contributed by atoms with Crippen LogP contribution in [0.3, 0.4) is 0 Å². The Morgan fingerprint density at radius 1 is 0.763 bits per heavy atom. The first-order valence-electron chi connectivity index (χ1n) is 14.2. The molecule has 0 amide bonds. The first-order valence-corrected chi connectivity index (χ1v) is 14.2. The van der Waals surface area contributed by atoms with Gasteiger partial charge in [-0.15, -0.1) is 0 Å². The van der Waals surface area contributed by atoms with Crippen LogP contribution in [0, 0.1) is 35.1 Å². The van der Waals surface area contributed by atoms with Crippen molar-refractivity contribution in [2.75, 3.05) is 13.2 Å². The molecule has 1 atom stereocenters. The second-order valence-corrected chi connectivity index (χ2v) is 10.5. The molecule has 0 radical (unpaired) electrons. The lowest BCUT2D eigenvalue weighted by atomic mass is 9.85. The molecule has 2 aromatic rings. The van der Waals surface area contributed by atoms with E-state index in [2.05, 4.69) is 26.8 Å². The lowest BCUT2D eigenvalue weighted by molar-refractivity contribution is -0.225. The monoisotopic (exact) mass is 534 g/mol. The maximum absolute atomic E-state index is 14.7. The van der Waals surface area contributed by atoms with E-state index in [1.54, 1.807) is 6.07 Å².